The average molecular weight is 252 g/mol. The molecule has 1 rings (SSSR count). The van der Waals surface area contributed by atoms with Crippen molar-refractivity contribution in [2.75, 3.05) is 0 Å². The van der Waals surface area contributed by atoms with E-state index in [0.29, 0.717) is 0 Å². The van der Waals surface area contributed by atoms with Gasteiger partial charge in [-0.3, -0.25) is 4.70 Å². The summed E-state index contributed by atoms with van der Waals surface area (Å²) in [5, 5.41) is 0. The lowest BCUT2D eigenvalue weighted by molar-refractivity contribution is -0.264. The largest absolute Gasteiger partial charge is 0.379 e. The molecule has 0 atom stereocenters. The van der Waals surface area contributed by atoms with Crippen molar-refractivity contribution in [3.63, 3.8) is 0 Å². The maximum Gasteiger partial charge on any atom is 0.379 e. The van der Waals surface area contributed by atoms with Crippen LogP contribution in [0.1, 0.15) is 20.8 Å². The second-order valence-electron chi connectivity index (χ2n) is 4.58. The molecule has 96 valence electrons. The van der Waals surface area contributed by atoms with Gasteiger partial charge in [0.2, 0.25) is 0 Å². The zero-order chi connectivity index (χ0) is 12.3. The van der Waals surface area contributed by atoms with Crippen molar-refractivity contribution in [3.05, 3.63) is 11.6 Å². The van der Waals surface area contributed by atoms with Crippen molar-refractivity contribution in [2.45, 2.75) is 38.5 Å². The highest BCUT2D eigenvalue weighted by molar-refractivity contribution is 5.36. The third-order valence-corrected chi connectivity index (χ3v) is 2.28. The Labute approximate surface area is 87.7 Å². The van der Waals surface area contributed by atoms with Crippen molar-refractivity contribution < 1.29 is 31.0 Å². The quantitative estimate of drug-likeness (QED) is 0.451. The summed E-state index contributed by atoms with van der Waals surface area (Å²) in [6.07, 6.45) is -0.312. The van der Waals surface area contributed by atoms with Crippen molar-refractivity contribution in [1.29, 1.82) is 0 Å². The predicted molar refractivity (Wildman–Crippen MR) is 44.9 cm³/mol. The van der Waals surface area contributed by atoms with E-state index in [1.54, 1.807) is 0 Å². The van der Waals surface area contributed by atoms with Crippen molar-refractivity contribution in [1.82, 2.24) is 0 Å². The van der Waals surface area contributed by atoms with Gasteiger partial charge in [-0.2, -0.15) is 26.3 Å². The molecule has 0 bridgehead atoms. The van der Waals surface area contributed by atoms with Crippen molar-refractivity contribution >= 4 is 0 Å². The van der Waals surface area contributed by atoms with Crippen LogP contribution in [0.4, 0.5) is 31.0 Å². The Morgan fingerprint density at radius 1 is 0.938 bits per heavy atom. The normalized spacial score (nSPS) is 25.9. The number of halogens is 7. The van der Waals surface area contributed by atoms with Gasteiger partial charge in [-0.05, 0) is 11.5 Å². The summed E-state index contributed by atoms with van der Waals surface area (Å²) in [5.41, 5.74) is -2.64. The molecule has 0 N–H and O–H groups in total. The van der Waals surface area contributed by atoms with Gasteiger partial charge < -0.3 is 0 Å². The lowest BCUT2D eigenvalue weighted by atomic mass is 9.84. The van der Waals surface area contributed by atoms with E-state index < -0.39 is 28.8 Å². The van der Waals surface area contributed by atoms with Crippen LogP contribution < -0.4 is 0 Å². The molecule has 0 aromatic carbocycles. The van der Waals surface area contributed by atoms with Gasteiger partial charge in [-0.1, -0.05) is 20.8 Å². The zero-order valence-electron chi connectivity index (χ0n) is 8.75. The topological polar surface area (TPSA) is 0 Å². The predicted octanol–water partition coefficient (Wildman–Crippen LogP) is 4.03. The Morgan fingerprint density at radius 2 is 1.31 bits per heavy atom. The number of rotatable bonds is 0. The molecule has 0 fully saturated rings. The van der Waals surface area contributed by atoms with Gasteiger partial charge in [0.1, 0.15) is 0 Å². The van der Waals surface area contributed by atoms with Gasteiger partial charge >= 0.3 is 17.8 Å². The van der Waals surface area contributed by atoms with Crippen LogP contribution in [0.25, 0.3) is 0 Å². The summed E-state index contributed by atoms with van der Waals surface area (Å²) in [6, 6.07) is 0. The monoisotopic (exact) mass is 252 g/mol. The molecule has 0 aliphatic heterocycles. The summed E-state index contributed by atoms with van der Waals surface area (Å²) < 4.78 is 77.0. The fraction of sp³-hybridized carbons (Fsp3) is 0.778. The van der Waals surface area contributed by atoms with Crippen molar-refractivity contribution in [3.8, 4) is 0 Å². The SMILES string of the molecule is CC(C)(C)C1=CC(F)(F)C(F)(F)C1(F)F.F. The van der Waals surface area contributed by atoms with Crippen LogP contribution in [0.2, 0.25) is 0 Å². The minimum atomic E-state index is -5.34. The smallest absolute Gasteiger partial charge is 0.269 e. The van der Waals surface area contributed by atoms with Gasteiger partial charge in [-0.25, -0.2) is 0 Å². The van der Waals surface area contributed by atoms with E-state index in [2.05, 4.69) is 0 Å². The molecule has 0 spiro atoms. The van der Waals surface area contributed by atoms with Crippen LogP contribution in [0.15, 0.2) is 11.6 Å². The second kappa shape index (κ2) is 3.37. The average Bonchev–Trinajstić information content (AvgIpc) is 2.07. The van der Waals surface area contributed by atoms with Crippen LogP contribution in [0.5, 0.6) is 0 Å². The molecule has 0 heterocycles. The van der Waals surface area contributed by atoms with E-state index in [0.717, 1.165) is 0 Å². The standard InChI is InChI=1S/C9H10F6.FH/c1-6(2,3)5-4-7(10,11)9(14,15)8(5,12)13;/h4H,1-3H3;1H. The molecule has 0 saturated heterocycles. The van der Waals surface area contributed by atoms with Crippen LogP contribution >= 0.6 is 0 Å². The van der Waals surface area contributed by atoms with Crippen molar-refractivity contribution in [2.24, 2.45) is 5.41 Å². The lowest BCUT2D eigenvalue weighted by Crippen LogP contribution is -2.49. The molecule has 0 amide bonds. The minimum absolute atomic E-state index is 0. The van der Waals surface area contributed by atoms with E-state index in [9.17, 15) is 26.3 Å². The molecule has 0 aromatic rings. The maximum atomic E-state index is 13.1. The summed E-state index contributed by atoms with van der Waals surface area (Å²) in [7, 11) is 0. The van der Waals surface area contributed by atoms with Gasteiger partial charge in [0.25, 0.3) is 0 Å². The molecule has 0 aromatic heterocycles. The van der Waals surface area contributed by atoms with Crippen LogP contribution in [-0.2, 0) is 0 Å². The Kier molecular flexibility index (Phi) is 3.21. The second-order valence-corrected chi connectivity index (χ2v) is 4.58. The zero-order valence-corrected chi connectivity index (χ0v) is 8.75. The Hall–Kier alpha value is -0.750. The Bertz CT molecular complexity index is 308. The molecular weight excluding hydrogens is 241 g/mol. The highest BCUT2D eigenvalue weighted by Crippen LogP contribution is 2.59. The molecule has 0 unspecified atom stereocenters. The molecule has 7 heteroatoms. The first-order valence-corrected chi connectivity index (χ1v) is 4.21. The summed E-state index contributed by atoms with van der Waals surface area (Å²) in [5.74, 6) is -14.9. The van der Waals surface area contributed by atoms with Gasteiger partial charge in [0.15, 0.2) is 0 Å². The highest BCUT2D eigenvalue weighted by Gasteiger charge is 2.77. The third kappa shape index (κ3) is 1.69. The molecule has 1 aliphatic carbocycles. The molecule has 1 aliphatic rings. The molecule has 0 nitrogen and oxygen atoms in total. The minimum Gasteiger partial charge on any atom is -0.269 e. The van der Waals surface area contributed by atoms with Gasteiger partial charge in [0, 0.05) is 5.57 Å². The molecule has 16 heavy (non-hydrogen) atoms. The fourth-order valence-corrected chi connectivity index (χ4v) is 1.43. The maximum absolute atomic E-state index is 13.1. The first-order valence-electron chi connectivity index (χ1n) is 4.21. The van der Waals surface area contributed by atoms with Crippen LogP contribution in [0.3, 0.4) is 0 Å². The molecule has 0 saturated carbocycles. The van der Waals surface area contributed by atoms with Gasteiger partial charge in [-0.15, -0.1) is 0 Å². The van der Waals surface area contributed by atoms with E-state index in [4.69, 9.17) is 0 Å². The number of alkyl halides is 6. The summed E-state index contributed by atoms with van der Waals surface area (Å²) in [4.78, 5) is 0. The number of allylic oxidation sites excluding steroid dienone is 2. The van der Waals surface area contributed by atoms with E-state index >= 15 is 0 Å². The van der Waals surface area contributed by atoms with Crippen LogP contribution in [0, 0.1) is 5.41 Å². The van der Waals surface area contributed by atoms with Gasteiger partial charge in [0.05, 0.1) is 0 Å². The number of hydrogen-bond acceptors (Lipinski definition) is 0. The Balaban J connectivity index is 0.00000225. The Morgan fingerprint density at radius 3 is 1.44 bits per heavy atom. The first kappa shape index (κ1) is 15.2. The number of hydrogen-bond donors (Lipinski definition) is 0. The highest BCUT2D eigenvalue weighted by atomic mass is 19.3. The summed E-state index contributed by atoms with van der Waals surface area (Å²) >= 11 is 0. The first-order chi connectivity index (χ1) is 6.34. The summed E-state index contributed by atoms with van der Waals surface area (Å²) in [6.45, 7) is 3.55. The molecular formula is C9H11F7. The van der Waals surface area contributed by atoms with E-state index in [-0.39, 0.29) is 10.8 Å². The van der Waals surface area contributed by atoms with Crippen LogP contribution in [-0.4, -0.2) is 17.8 Å². The fourth-order valence-electron chi connectivity index (χ4n) is 1.43. The van der Waals surface area contributed by atoms with E-state index in [1.807, 2.05) is 0 Å². The van der Waals surface area contributed by atoms with E-state index in [1.165, 1.54) is 20.8 Å². The lowest BCUT2D eigenvalue weighted by Gasteiger charge is -2.30. The molecule has 0 radical (unpaired) electrons. The third-order valence-electron chi connectivity index (χ3n) is 2.28.